The van der Waals surface area contributed by atoms with Crippen LogP contribution in [-0.4, -0.2) is 31.1 Å². The summed E-state index contributed by atoms with van der Waals surface area (Å²) in [7, 11) is 0. The third-order valence-corrected chi connectivity index (χ3v) is 4.49. The van der Waals surface area contributed by atoms with Gasteiger partial charge in [0.25, 0.3) is 0 Å². The third kappa shape index (κ3) is 4.82. The van der Waals surface area contributed by atoms with Crippen molar-refractivity contribution in [2.75, 3.05) is 26.2 Å². The molecule has 0 spiro atoms. The molecule has 0 amide bonds. The van der Waals surface area contributed by atoms with Crippen molar-refractivity contribution >= 4 is 0 Å². The summed E-state index contributed by atoms with van der Waals surface area (Å²) in [5, 5.41) is 0. The summed E-state index contributed by atoms with van der Waals surface area (Å²) in [5.41, 5.74) is 1.36. The molecule has 1 aliphatic rings. The minimum Gasteiger partial charge on any atom is -0.494 e. The number of rotatable bonds is 7. The summed E-state index contributed by atoms with van der Waals surface area (Å²) < 4.78 is 5.87. The summed E-state index contributed by atoms with van der Waals surface area (Å²) in [6, 6.07) is 8.49. The van der Waals surface area contributed by atoms with Gasteiger partial charge >= 0.3 is 0 Å². The van der Waals surface area contributed by atoms with E-state index in [1.165, 1.54) is 50.9 Å². The third-order valence-electron chi connectivity index (χ3n) is 4.49. The molecule has 0 aromatic heterocycles. The van der Waals surface area contributed by atoms with Gasteiger partial charge in [-0.05, 0) is 75.4 Å². The molecule has 1 heterocycles. The van der Waals surface area contributed by atoms with Gasteiger partial charge in [0.05, 0.1) is 6.61 Å². The summed E-state index contributed by atoms with van der Waals surface area (Å²) in [6.07, 6.45) is 6.34. The van der Waals surface area contributed by atoms with Gasteiger partial charge < -0.3 is 9.64 Å². The van der Waals surface area contributed by atoms with E-state index in [9.17, 15) is 0 Å². The first-order valence-electron chi connectivity index (χ1n) is 8.26. The zero-order valence-corrected chi connectivity index (χ0v) is 13.1. The second-order valence-electron chi connectivity index (χ2n) is 5.87. The lowest BCUT2D eigenvalue weighted by atomic mass is 9.92. The SMILES string of the molecule is CCc1cccc(OCCCC2CCN(CC)CC2)c1. The standard InChI is InChI=1S/C18H29NO/c1-3-16-7-5-9-18(15-16)20-14-6-8-17-10-12-19(4-2)13-11-17/h5,7,9,15,17H,3-4,6,8,10-14H2,1-2H3. The maximum Gasteiger partial charge on any atom is 0.119 e. The van der Waals surface area contributed by atoms with Crippen molar-refractivity contribution in [2.45, 2.75) is 46.0 Å². The number of hydrogen-bond acceptors (Lipinski definition) is 2. The number of ether oxygens (including phenoxy) is 1. The Bertz CT molecular complexity index is 383. The van der Waals surface area contributed by atoms with E-state index in [0.29, 0.717) is 0 Å². The van der Waals surface area contributed by atoms with Crippen LogP contribution < -0.4 is 4.74 Å². The van der Waals surface area contributed by atoms with Crippen molar-refractivity contribution in [3.05, 3.63) is 29.8 Å². The van der Waals surface area contributed by atoms with Crippen molar-refractivity contribution in [3.8, 4) is 5.75 Å². The van der Waals surface area contributed by atoms with Gasteiger partial charge in [-0.1, -0.05) is 26.0 Å². The van der Waals surface area contributed by atoms with Gasteiger partial charge in [0.1, 0.15) is 5.75 Å². The molecule has 1 fully saturated rings. The van der Waals surface area contributed by atoms with Crippen LogP contribution in [0.1, 0.15) is 45.1 Å². The average Bonchev–Trinajstić information content (AvgIpc) is 2.52. The Hall–Kier alpha value is -1.02. The molecular weight excluding hydrogens is 246 g/mol. The lowest BCUT2D eigenvalue weighted by Gasteiger charge is -2.30. The molecule has 0 bridgehead atoms. The Labute approximate surface area is 124 Å². The smallest absolute Gasteiger partial charge is 0.119 e. The zero-order chi connectivity index (χ0) is 14.2. The van der Waals surface area contributed by atoms with Crippen LogP contribution in [0.4, 0.5) is 0 Å². The molecule has 0 unspecified atom stereocenters. The molecule has 2 nitrogen and oxygen atoms in total. The van der Waals surface area contributed by atoms with Crippen LogP contribution in [0.5, 0.6) is 5.75 Å². The number of aryl methyl sites for hydroxylation is 1. The Morgan fingerprint density at radius 2 is 2.00 bits per heavy atom. The number of nitrogens with zero attached hydrogens (tertiary/aromatic N) is 1. The largest absolute Gasteiger partial charge is 0.494 e. The number of benzene rings is 1. The van der Waals surface area contributed by atoms with E-state index < -0.39 is 0 Å². The van der Waals surface area contributed by atoms with E-state index in [1.807, 2.05) is 0 Å². The van der Waals surface area contributed by atoms with E-state index in [-0.39, 0.29) is 0 Å². The summed E-state index contributed by atoms with van der Waals surface area (Å²) >= 11 is 0. The molecule has 1 aliphatic heterocycles. The normalized spacial score (nSPS) is 17.3. The van der Waals surface area contributed by atoms with E-state index >= 15 is 0 Å². The second-order valence-corrected chi connectivity index (χ2v) is 5.87. The number of hydrogen-bond donors (Lipinski definition) is 0. The highest BCUT2D eigenvalue weighted by molar-refractivity contribution is 5.28. The summed E-state index contributed by atoms with van der Waals surface area (Å²) in [5.74, 6) is 1.95. The van der Waals surface area contributed by atoms with Gasteiger partial charge in [-0.3, -0.25) is 0 Å². The van der Waals surface area contributed by atoms with Crippen LogP contribution in [0.2, 0.25) is 0 Å². The average molecular weight is 275 g/mol. The molecule has 0 atom stereocenters. The van der Waals surface area contributed by atoms with Crippen molar-refractivity contribution in [3.63, 3.8) is 0 Å². The Morgan fingerprint density at radius 3 is 2.70 bits per heavy atom. The maximum absolute atomic E-state index is 5.87. The first kappa shape index (κ1) is 15.4. The number of piperidine rings is 1. The first-order chi connectivity index (χ1) is 9.81. The molecule has 1 aromatic carbocycles. The van der Waals surface area contributed by atoms with Crippen LogP contribution in [-0.2, 0) is 6.42 Å². The van der Waals surface area contributed by atoms with Crippen LogP contribution >= 0.6 is 0 Å². The van der Waals surface area contributed by atoms with E-state index in [4.69, 9.17) is 4.74 Å². The van der Waals surface area contributed by atoms with Gasteiger partial charge in [-0.2, -0.15) is 0 Å². The maximum atomic E-state index is 5.87. The molecule has 0 radical (unpaired) electrons. The monoisotopic (exact) mass is 275 g/mol. The zero-order valence-electron chi connectivity index (χ0n) is 13.1. The highest BCUT2D eigenvalue weighted by Gasteiger charge is 2.17. The van der Waals surface area contributed by atoms with Crippen molar-refractivity contribution in [1.29, 1.82) is 0 Å². The predicted molar refractivity (Wildman–Crippen MR) is 85.4 cm³/mol. The van der Waals surface area contributed by atoms with Crippen LogP contribution in [0.25, 0.3) is 0 Å². The van der Waals surface area contributed by atoms with E-state index in [2.05, 4.69) is 43.0 Å². The van der Waals surface area contributed by atoms with Gasteiger partial charge in [0.15, 0.2) is 0 Å². The summed E-state index contributed by atoms with van der Waals surface area (Å²) in [4.78, 5) is 2.56. The molecule has 0 aliphatic carbocycles. The highest BCUT2D eigenvalue weighted by atomic mass is 16.5. The quantitative estimate of drug-likeness (QED) is 0.693. The Morgan fingerprint density at radius 1 is 1.20 bits per heavy atom. The molecular formula is C18H29NO. The molecule has 1 saturated heterocycles. The van der Waals surface area contributed by atoms with Crippen molar-refractivity contribution in [1.82, 2.24) is 4.90 Å². The van der Waals surface area contributed by atoms with Gasteiger partial charge in [-0.15, -0.1) is 0 Å². The minimum absolute atomic E-state index is 0.862. The lowest BCUT2D eigenvalue weighted by molar-refractivity contribution is 0.179. The first-order valence-corrected chi connectivity index (χ1v) is 8.26. The number of likely N-dealkylation sites (tertiary alicyclic amines) is 1. The summed E-state index contributed by atoms with van der Waals surface area (Å²) in [6.45, 7) is 9.10. The second kappa shape index (κ2) is 8.31. The minimum atomic E-state index is 0.862. The lowest BCUT2D eigenvalue weighted by Crippen LogP contribution is -2.33. The van der Waals surface area contributed by atoms with Gasteiger partial charge in [-0.25, -0.2) is 0 Å². The van der Waals surface area contributed by atoms with Crippen LogP contribution in [0.15, 0.2) is 24.3 Å². The predicted octanol–water partition coefficient (Wildman–Crippen LogP) is 4.14. The van der Waals surface area contributed by atoms with Crippen molar-refractivity contribution in [2.24, 2.45) is 5.92 Å². The molecule has 0 N–H and O–H groups in total. The van der Waals surface area contributed by atoms with E-state index in [0.717, 1.165) is 24.7 Å². The molecule has 2 rings (SSSR count). The molecule has 20 heavy (non-hydrogen) atoms. The van der Waals surface area contributed by atoms with Crippen LogP contribution in [0.3, 0.4) is 0 Å². The molecule has 112 valence electrons. The molecule has 1 aromatic rings. The van der Waals surface area contributed by atoms with Gasteiger partial charge in [0.2, 0.25) is 0 Å². The molecule has 0 saturated carbocycles. The van der Waals surface area contributed by atoms with Crippen LogP contribution in [0, 0.1) is 5.92 Å². The fourth-order valence-electron chi connectivity index (χ4n) is 3.01. The molecule has 2 heteroatoms. The topological polar surface area (TPSA) is 12.5 Å². The highest BCUT2D eigenvalue weighted by Crippen LogP contribution is 2.22. The fraction of sp³-hybridized carbons (Fsp3) is 0.667. The van der Waals surface area contributed by atoms with E-state index in [1.54, 1.807) is 0 Å². The Kier molecular flexibility index (Phi) is 6.38. The fourth-order valence-corrected chi connectivity index (χ4v) is 3.01. The van der Waals surface area contributed by atoms with Crippen molar-refractivity contribution < 1.29 is 4.74 Å². The van der Waals surface area contributed by atoms with Gasteiger partial charge in [0, 0.05) is 0 Å². The Balaban J connectivity index is 1.62.